The van der Waals surface area contributed by atoms with Gasteiger partial charge >= 0.3 is 0 Å². The minimum absolute atomic E-state index is 0.00966. The van der Waals surface area contributed by atoms with E-state index in [1.165, 1.54) is 17.8 Å². The lowest BCUT2D eigenvalue weighted by Crippen LogP contribution is -2.44. The van der Waals surface area contributed by atoms with Crippen LogP contribution in [0.25, 0.3) is 10.9 Å². The number of nitrogens with one attached hydrogen (secondary N) is 1. The van der Waals surface area contributed by atoms with Crippen LogP contribution in [0.3, 0.4) is 0 Å². The third-order valence-electron chi connectivity index (χ3n) is 6.29. The van der Waals surface area contributed by atoms with Gasteiger partial charge in [-0.05, 0) is 24.3 Å². The summed E-state index contributed by atoms with van der Waals surface area (Å²) in [6.07, 6.45) is 0. The average molecular weight is 508 g/mol. The number of aromatic nitrogens is 1. The zero-order valence-corrected chi connectivity index (χ0v) is 20.4. The number of benzene rings is 3. The normalized spacial score (nSPS) is 15.5. The summed E-state index contributed by atoms with van der Waals surface area (Å²) in [5.74, 6) is -2.03. The molecule has 1 aromatic heterocycles. The van der Waals surface area contributed by atoms with Crippen LogP contribution >= 0.6 is 11.8 Å². The van der Waals surface area contributed by atoms with E-state index in [2.05, 4.69) is 5.32 Å². The predicted molar refractivity (Wildman–Crippen MR) is 135 cm³/mol. The van der Waals surface area contributed by atoms with Gasteiger partial charge in [-0.2, -0.15) is 0 Å². The Bertz CT molecular complexity index is 1490. The van der Waals surface area contributed by atoms with Gasteiger partial charge in [0.25, 0.3) is 0 Å². The smallest absolute Gasteiger partial charge is 0.248 e. The van der Waals surface area contributed by atoms with Crippen molar-refractivity contribution in [3.05, 3.63) is 89.5 Å². The molecule has 3 aromatic carbocycles. The van der Waals surface area contributed by atoms with Crippen molar-refractivity contribution in [2.24, 2.45) is 7.05 Å². The highest BCUT2D eigenvalue weighted by molar-refractivity contribution is 8.00. The van der Waals surface area contributed by atoms with Crippen LogP contribution < -0.4 is 15.0 Å². The maximum atomic E-state index is 15.0. The molecule has 2 heterocycles. The average Bonchev–Trinajstić information content (AvgIpc) is 3.06. The van der Waals surface area contributed by atoms with E-state index in [-0.39, 0.29) is 18.0 Å². The quantitative estimate of drug-likeness (QED) is 0.415. The number of ether oxygens (including phenoxy) is 1. The van der Waals surface area contributed by atoms with Gasteiger partial charge < -0.3 is 14.6 Å². The molecule has 184 valence electrons. The summed E-state index contributed by atoms with van der Waals surface area (Å²) in [7, 11) is 3.42. The summed E-state index contributed by atoms with van der Waals surface area (Å²) in [6, 6.07) is 16.6. The van der Waals surface area contributed by atoms with E-state index in [4.69, 9.17) is 4.74 Å². The van der Waals surface area contributed by atoms with E-state index in [0.717, 1.165) is 32.5 Å². The zero-order chi connectivity index (χ0) is 25.4. The molecule has 6 nitrogen and oxygen atoms in total. The number of thioether (sulfide) groups is 1. The van der Waals surface area contributed by atoms with Crippen LogP contribution in [0.15, 0.2) is 71.8 Å². The molecule has 1 aliphatic heterocycles. The second-order valence-electron chi connectivity index (χ2n) is 8.38. The molecule has 0 aliphatic carbocycles. The van der Waals surface area contributed by atoms with Gasteiger partial charge in [0.2, 0.25) is 11.8 Å². The van der Waals surface area contributed by atoms with E-state index in [1.54, 1.807) is 13.2 Å². The Balaban J connectivity index is 1.66. The molecule has 0 saturated heterocycles. The van der Waals surface area contributed by atoms with Gasteiger partial charge in [0.05, 0.1) is 23.6 Å². The first-order chi connectivity index (χ1) is 17.4. The Labute approximate surface area is 210 Å². The number of methoxy groups -OCH3 is 1. The first-order valence-corrected chi connectivity index (χ1v) is 12.3. The SMILES string of the molecule is COc1ccccc1CNC(=O)C1c2c(n(C)c3ccccc23)SCC(=O)N1c1ccc(F)cc1F. The van der Waals surface area contributed by atoms with E-state index in [9.17, 15) is 14.0 Å². The predicted octanol–water partition coefficient (Wildman–Crippen LogP) is 4.96. The highest BCUT2D eigenvalue weighted by Gasteiger charge is 2.40. The largest absolute Gasteiger partial charge is 0.496 e. The van der Waals surface area contributed by atoms with Gasteiger partial charge in [-0.1, -0.05) is 48.2 Å². The lowest BCUT2D eigenvalue weighted by molar-refractivity contribution is -0.126. The van der Waals surface area contributed by atoms with Crippen LogP contribution in [0, 0.1) is 11.6 Å². The molecule has 0 spiro atoms. The van der Waals surface area contributed by atoms with Gasteiger partial charge in [-0.25, -0.2) is 8.78 Å². The first-order valence-electron chi connectivity index (χ1n) is 11.3. The van der Waals surface area contributed by atoms with Crippen molar-refractivity contribution >= 4 is 40.2 Å². The third kappa shape index (κ3) is 4.09. The monoisotopic (exact) mass is 507 g/mol. The molecule has 1 aliphatic rings. The second kappa shape index (κ2) is 9.66. The molecule has 1 atom stereocenters. The summed E-state index contributed by atoms with van der Waals surface area (Å²) < 4.78 is 36.1. The highest BCUT2D eigenvalue weighted by atomic mass is 32.2. The van der Waals surface area contributed by atoms with Crippen molar-refractivity contribution in [2.45, 2.75) is 17.6 Å². The molecular weight excluding hydrogens is 484 g/mol. The Morgan fingerprint density at radius 3 is 2.64 bits per heavy atom. The van der Waals surface area contributed by atoms with Crippen molar-refractivity contribution in [1.29, 1.82) is 0 Å². The number of nitrogens with zero attached hydrogens (tertiary/aromatic N) is 2. The van der Waals surface area contributed by atoms with Gasteiger partial charge in [-0.3, -0.25) is 14.5 Å². The van der Waals surface area contributed by atoms with Gasteiger partial charge in [0.15, 0.2) is 0 Å². The minimum Gasteiger partial charge on any atom is -0.496 e. The van der Waals surface area contributed by atoms with Crippen molar-refractivity contribution in [2.75, 3.05) is 17.8 Å². The molecule has 0 fully saturated rings. The van der Waals surface area contributed by atoms with Crippen molar-refractivity contribution in [1.82, 2.24) is 9.88 Å². The fourth-order valence-electron chi connectivity index (χ4n) is 4.64. The van der Waals surface area contributed by atoms with Crippen LogP contribution in [-0.4, -0.2) is 29.2 Å². The van der Waals surface area contributed by atoms with E-state index in [0.29, 0.717) is 17.4 Å². The summed E-state index contributed by atoms with van der Waals surface area (Å²) in [6.45, 7) is 0.139. The molecule has 0 saturated carbocycles. The van der Waals surface area contributed by atoms with Crippen molar-refractivity contribution in [3.8, 4) is 5.75 Å². The standard InChI is InChI=1S/C27H23F2N3O3S/c1-31-20-9-5-4-8-18(20)24-25(26(34)30-14-16-7-3-6-10-22(16)35-2)32(23(33)15-36-27(24)31)21-12-11-17(28)13-19(21)29/h3-13,25H,14-15H2,1-2H3,(H,30,34). The third-order valence-corrected chi connectivity index (χ3v) is 7.45. The van der Waals surface area contributed by atoms with Crippen LogP contribution in [0.4, 0.5) is 14.5 Å². The maximum absolute atomic E-state index is 15.0. The number of para-hydroxylation sites is 2. The number of hydrogen-bond donors (Lipinski definition) is 1. The minimum atomic E-state index is -1.18. The van der Waals surface area contributed by atoms with Crippen molar-refractivity contribution < 1.29 is 23.1 Å². The van der Waals surface area contributed by atoms with E-state index < -0.39 is 29.5 Å². The van der Waals surface area contributed by atoms with Crippen LogP contribution in [0.1, 0.15) is 17.2 Å². The Kier molecular flexibility index (Phi) is 6.40. The number of carbonyl (C=O) groups excluding carboxylic acids is 2. The topological polar surface area (TPSA) is 63.6 Å². The first kappa shape index (κ1) is 23.9. The Hall–Kier alpha value is -3.85. The highest BCUT2D eigenvalue weighted by Crippen LogP contribution is 2.43. The number of aryl methyl sites for hydroxylation is 1. The van der Waals surface area contributed by atoms with E-state index >= 15 is 4.39 Å². The fourth-order valence-corrected chi connectivity index (χ4v) is 5.71. The molecular formula is C27H23F2N3O3S. The molecule has 1 N–H and O–H groups in total. The molecule has 5 rings (SSSR count). The molecule has 4 aromatic rings. The van der Waals surface area contributed by atoms with E-state index in [1.807, 2.05) is 54.1 Å². The van der Waals surface area contributed by atoms with Gasteiger partial charge in [0, 0.05) is 41.7 Å². The molecule has 36 heavy (non-hydrogen) atoms. The van der Waals surface area contributed by atoms with Crippen LogP contribution in [-0.2, 0) is 23.2 Å². The van der Waals surface area contributed by atoms with Gasteiger partial charge in [0.1, 0.15) is 23.4 Å². The van der Waals surface area contributed by atoms with Crippen molar-refractivity contribution in [3.63, 3.8) is 0 Å². The summed E-state index contributed by atoms with van der Waals surface area (Å²) >= 11 is 1.29. The maximum Gasteiger partial charge on any atom is 0.248 e. The Morgan fingerprint density at radius 1 is 1.11 bits per heavy atom. The van der Waals surface area contributed by atoms with Crippen LogP contribution in [0.2, 0.25) is 0 Å². The number of halogens is 2. The van der Waals surface area contributed by atoms with Crippen LogP contribution in [0.5, 0.6) is 5.75 Å². The fraction of sp³-hybridized carbons (Fsp3) is 0.185. The number of anilines is 1. The number of fused-ring (bicyclic) bond motifs is 3. The Morgan fingerprint density at radius 2 is 1.86 bits per heavy atom. The summed E-state index contributed by atoms with van der Waals surface area (Å²) in [4.78, 5) is 28.4. The number of amides is 2. The number of carbonyl (C=O) groups is 2. The number of hydrogen-bond acceptors (Lipinski definition) is 4. The molecule has 0 radical (unpaired) electrons. The van der Waals surface area contributed by atoms with Gasteiger partial charge in [-0.15, -0.1) is 0 Å². The second-order valence-corrected chi connectivity index (χ2v) is 9.34. The summed E-state index contributed by atoms with van der Waals surface area (Å²) in [5.41, 5.74) is 2.08. The summed E-state index contributed by atoms with van der Waals surface area (Å²) in [5, 5.41) is 4.43. The zero-order valence-electron chi connectivity index (χ0n) is 19.6. The molecule has 1 unspecified atom stereocenters. The lowest BCUT2D eigenvalue weighted by atomic mass is 10.0. The molecule has 2 amide bonds. The lowest BCUT2D eigenvalue weighted by Gasteiger charge is -2.30. The molecule has 9 heteroatoms. The number of rotatable bonds is 5. The molecule has 0 bridgehead atoms.